The Kier molecular flexibility index (Phi) is 12.1. The largest absolute Gasteiger partial charge is 0.461 e. The van der Waals surface area contributed by atoms with E-state index in [1.54, 1.807) is 6.92 Å². The van der Waals surface area contributed by atoms with Crippen LogP contribution in [0.5, 0.6) is 0 Å². The third-order valence-electron chi connectivity index (χ3n) is 5.47. The first-order chi connectivity index (χ1) is 18.6. The van der Waals surface area contributed by atoms with Crippen LogP contribution < -0.4 is 0 Å². The highest BCUT2D eigenvalue weighted by Gasteiger charge is 2.21. The van der Waals surface area contributed by atoms with E-state index < -0.39 is 14.0 Å². The lowest BCUT2D eigenvalue weighted by Crippen LogP contribution is -2.22. The second kappa shape index (κ2) is 15.0. The summed E-state index contributed by atoms with van der Waals surface area (Å²) in [5.41, 5.74) is 3.69. The van der Waals surface area contributed by atoms with E-state index in [1.165, 1.54) is 4.80 Å². The Morgan fingerprint density at radius 2 is 1.23 bits per heavy atom. The molecule has 3 aromatic carbocycles. The van der Waals surface area contributed by atoms with Gasteiger partial charge in [-0.2, -0.15) is 9.90 Å². The fourth-order valence-electron chi connectivity index (χ4n) is 3.35. The van der Waals surface area contributed by atoms with Crippen LogP contribution in [0.3, 0.4) is 0 Å². The van der Waals surface area contributed by atoms with E-state index >= 15 is 0 Å². The molecule has 0 bridgehead atoms. The smallest absolute Gasteiger partial charge is 0.361 e. The SMILES string of the molecule is Brc1ccc(Br)cc1.CCOC(=O)c1nn(COCC[Si](C)(C)C)nc1-c1ccc(-c2ccc(Br)cc2)cc1. The molecule has 0 aliphatic heterocycles. The lowest BCUT2D eigenvalue weighted by molar-refractivity contribution is 0.0507. The van der Waals surface area contributed by atoms with Gasteiger partial charge in [0, 0.05) is 33.7 Å². The molecule has 1 heterocycles. The molecule has 6 nitrogen and oxygen atoms in total. The van der Waals surface area contributed by atoms with Gasteiger partial charge in [0.05, 0.1) is 6.61 Å². The highest BCUT2D eigenvalue weighted by atomic mass is 79.9. The van der Waals surface area contributed by atoms with Crippen molar-refractivity contribution in [2.24, 2.45) is 0 Å². The third-order valence-corrected chi connectivity index (χ3v) is 8.76. The van der Waals surface area contributed by atoms with Crippen molar-refractivity contribution in [3.05, 3.63) is 91.9 Å². The second-order valence-electron chi connectivity index (χ2n) is 9.86. The van der Waals surface area contributed by atoms with Crippen LogP contribution in [0, 0.1) is 0 Å². The van der Waals surface area contributed by atoms with Crippen LogP contribution in [-0.4, -0.2) is 42.3 Å². The van der Waals surface area contributed by atoms with Crippen molar-refractivity contribution in [3.63, 3.8) is 0 Å². The number of halogens is 3. The molecule has 0 saturated carbocycles. The molecule has 1 aromatic heterocycles. The number of benzene rings is 3. The Bertz CT molecular complexity index is 1320. The number of esters is 1. The monoisotopic (exact) mass is 735 g/mol. The Balaban J connectivity index is 0.000000449. The molecule has 206 valence electrons. The standard InChI is InChI=1S/C23H28BrN3O3Si.C6H4Br2/c1-5-30-23(28)22-21(25-27(26-22)16-29-14-15-31(2,3)4)19-8-6-17(7-9-19)18-10-12-20(24)13-11-18;7-5-1-2-6(8)4-3-5/h6-13H,5,14-16H2,1-4H3;1-4H. The van der Waals surface area contributed by atoms with Crippen molar-refractivity contribution in [2.75, 3.05) is 13.2 Å². The number of hydrogen-bond acceptors (Lipinski definition) is 5. The lowest BCUT2D eigenvalue weighted by Gasteiger charge is -2.14. The Hall–Kier alpha value is -2.11. The van der Waals surface area contributed by atoms with Crippen LogP contribution in [0.15, 0.2) is 86.2 Å². The molecule has 10 heteroatoms. The van der Waals surface area contributed by atoms with Crippen LogP contribution in [-0.2, 0) is 16.2 Å². The van der Waals surface area contributed by atoms with E-state index in [-0.39, 0.29) is 19.0 Å². The van der Waals surface area contributed by atoms with E-state index in [4.69, 9.17) is 9.47 Å². The first-order valence-electron chi connectivity index (χ1n) is 12.5. The molecule has 4 aromatic rings. The number of rotatable bonds is 9. The predicted molar refractivity (Wildman–Crippen MR) is 170 cm³/mol. The summed E-state index contributed by atoms with van der Waals surface area (Å²) in [5.74, 6) is -0.483. The highest BCUT2D eigenvalue weighted by Crippen LogP contribution is 2.27. The zero-order chi connectivity index (χ0) is 28.4. The van der Waals surface area contributed by atoms with Gasteiger partial charge in [0.1, 0.15) is 5.69 Å². The van der Waals surface area contributed by atoms with Gasteiger partial charge >= 0.3 is 5.97 Å². The Morgan fingerprint density at radius 3 is 1.72 bits per heavy atom. The number of ether oxygens (including phenoxy) is 2. The molecular weight excluding hydrogens is 706 g/mol. The van der Waals surface area contributed by atoms with E-state index in [0.717, 1.165) is 36.2 Å². The first kappa shape index (κ1) is 31.4. The van der Waals surface area contributed by atoms with Crippen molar-refractivity contribution in [1.82, 2.24) is 15.0 Å². The Labute approximate surface area is 256 Å². The third kappa shape index (κ3) is 10.4. The predicted octanol–water partition coefficient (Wildman–Crippen LogP) is 9.08. The van der Waals surface area contributed by atoms with Gasteiger partial charge in [0.15, 0.2) is 12.4 Å². The van der Waals surface area contributed by atoms with E-state index in [0.29, 0.717) is 12.3 Å². The summed E-state index contributed by atoms with van der Waals surface area (Å²) < 4.78 is 14.2. The zero-order valence-corrected chi connectivity index (χ0v) is 28.2. The maximum atomic E-state index is 12.5. The van der Waals surface area contributed by atoms with Gasteiger partial charge in [-0.3, -0.25) is 0 Å². The minimum atomic E-state index is -1.17. The molecular formula is C29H32Br3N3O3Si. The van der Waals surface area contributed by atoms with Crippen molar-refractivity contribution < 1.29 is 14.3 Å². The van der Waals surface area contributed by atoms with Crippen LogP contribution in [0.1, 0.15) is 17.4 Å². The first-order valence-corrected chi connectivity index (χ1v) is 18.6. The Morgan fingerprint density at radius 1 is 0.769 bits per heavy atom. The second-order valence-corrected chi connectivity index (χ2v) is 18.2. The van der Waals surface area contributed by atoms with Gasteiger partial charge in [-0.05, 0) is 60.5 Å². The van der Waals surface area contributed by atoms with Gasteiger partial charge in [0.25, 0.3) is 0 Å². The number of aromatic nitrogens is 3. The van der Waals surface area contributed by atoms with Crippen LogP contribution in [0.25, 0.3) is 22.4 Å². The molecule has 0 aliphatic rings. The topological polar surface area (TPSA) is 66.2 Å². The van der Waals surface area contributed by atoms with Crippen LogP contribution in [0.2, 0.25) is 25.7 Å². The van der Waals surface area contributed by atoms with Crippen molar-refractivity contribution in [1.29, 1.82) is 0 Å². The molecule has 0 saturated heterocycles. The van der Waals surface area contributed by atoms with Gasteiger partial charge in [-0.25, -0.2) is 4.79 Å². The van der Waals surface area contributed by atoms with Crippen molar-refractivity contribution >= 4 is 61.8 Å². The molecule has 0 amide bonds. The number of hydrogen-bond donors (Lipinski definition) is 0. The molecule has 0 aliphatic carbocycles. The fraction of sp³-hybridized carbons (Fsp3) is 0.276. The lowest BCUT2D eigenvalue weighted by atomic mass is 10.0. The van der Waals surface area contributed by atoms with E-state index in [2.05, 4.69) is 89.8 Å². The molecule has 0 spiro atoms. The summed E-state index contributed by atoms with van der Waals surface area (Å²) >= 11 is 10.1. The number of carbonyl (C=O) groups is 1. The molecule has 4 rings (SSSR count). The molecule has 0 radical (unpaired) electrons. The summed E-state index contributed by atoms with van der Waals surface area (Å²) in [4.78, 5) is 13.9. The van der Waals surface area contributed by atoms with Gasteiger partial charge in [0.2, 0.25) is 0 Å². The van der Waals surface area contributed by atoms with Gasteiger partial charge in [-0.1, -0.05) is 104 Å². The highest BCUT2D eigenvalue weighted by molar-refractivity contribution is 9.11. The summed E-state index contributed by atoms with van der Waals surface area (Å²) in [6.07, 6.45) is 0. The average Bonchev–Trinajstić information content (AvgIpc) is 3.33. The summed E-state index contributed by atoms with van der Waals surface area (Å²) in [6.45, 7) is 9.82. The maximum absolute atomic E-state index is 12.5. The zero-order valence-electron chi connectivity index (χ0n) is 22.5. The van der Waals surface area contributed by atoms with Crippen molar-refractivity contribution in [3.8, 4) is 22.4 Å². The minimum Gasteiger partial charge on any atom is -0.461 e. The van der Waals surface area contributed by atoms with Crippen LogP contribution >= 0.6 is 47.8 Å². The summed E-state index contributed by atoms with van der Waals surface area (Å²) in [5, 5.41) is 8.86. The quantitative estimate of drug-likeness (QED) is 0.0975. The average molecular weight is 738 g/mol. The molecule has 0 fully saturated rings. The van der Waals surface area contributed by atoms with Crippen molar-refractivity contribution in [2.45, 2.75) is 39.3 Å². The molecule has 0 atom stereocenters. The van der Waals surface area contributed by atoms with Gasteiger partial charge in [-0.15, -0.1) is 5.10 Å². The minimum absolute atomic E-state index is 0.201. The summed E-state index contributed by atoms with van der Waals surface area (Å²) in [6, 6.07) is 25.1. The van der Waals surface area contributed by atoms with Gasteiger partial charge < -0.3 is 9.47 Å². The maximum Gasteiger partial charge on any atom is 0.361 e. The molecule has 0 N–H and O–H groups in total. The van der Waals surface area contributed by atoms with Crippen LogP contribution in [0.4, 0.5) is 0 Å². The number of carbonyl (C=O) groups excluding carboxylic acids is 1. The number of nitrogens with zero attached hydrogens (tertiary/aromatic N) is 3. The summed E-state index contributed by atoms with van der Waals surface area (Å²) in [7, 11) is -1.17. The molecule has 39 heavy (non-hydrogen) atoms. The van der Waals surface area contributed by atoms with E-state index in [9.17, 15) is 4.79 Å². The molecule has 0 unspecified atom stereocenters. The van der Waals surface area contributed by atoms with E-state index in [1.807, 2.05) is 60.7 Å². The fourth-order valence-corrected chi connectivity index (χ4v) is 4.90. The normalized spacial score (nSPS) is 11.1.